The molecule has 0 saturated carbocycles. The van der Waals surface area contributed by atoms with Crippen LogP contribution in [-0.4, -0.2) is 29.2 Å². The van der Waals surface area contributed by atoms with Gasteiger partial charge in [0, 0.05) is 19.8 Å². The number of alkyl halides is 4. The van der Waals surface area contributed by atoms with Gasteiger partial charge in [-0.3, -0.25) is 0 Å². The molecule has 0 amide bonds. The molecular weight excluding hydrogens is 279 g/mol. The molecular formula is C12H13ClF3N3. The lowest BCUT2D eigenvalue weighted by Crippen LogP contribution is -2.25. The first-order valence-corrected chi connectivity index (χ1v) is 6.25. The summed E-state index contributed by atoms with van der Waals surface area (Å²) in [5, 5.41) is 0. The number of hydrogen-bond acceptors (Lipinski definition) is 2. The highest BCUT2D eigenvalue weighted by molar-refractivity contribution is 6.17. The maximum Gasteiger partial charge on any atom is 0.390 e. The third-order valence-corrected chi connectivity index (χ3v) is 3.08. The molecule has 7 heteroatoms. The van der Waals surface area contributed by atoms with E-state index in [0.717, 1.165) is 0 Å². The Bertz CT molecular complexity index is 565. The zero-order valence-electron chi connectivity index (χ0n) is 10.3. The first kappa shape index (κ1) is 14.0. The van der Waals surface area contributed by atoms with Gasteiger partial charge < -0.3 is 9.30 Å². The van der Waals surface area contributed by atoms with Crippen LogP contribution < -0.4 is 4.90 Å². The summed E-state index contributed by atoms with van der Waals surface area (Å²) in [5.74, 6) is 0.682. The van der Waals surface area contributed by atoms with Crippen molar-refractivity contribution in [2.24, 2.45) is 0 Å². The van der Waals surface area contributed by atoms with Gasteiger partial charge in [-0.15, -0.1) is 11.6 Å². The fourth-order valence-corrected chi connectivity index (χ4v) is 2.11. The molecule has 0 aliphatic rings. The molecule has 2 aromatic heterocycles. The van der Waals surface area contributed by atoms with Crippen molar-refractivity contribution in [2.45, 2.75) is 18.5 Å². The summed E-state index contributed by atoms with van der Waals surface area (Å²) in [6, 6.07) is 5.43. The number of pyridine rings is 1. The van der Waals surface area contributed by atoms with E-state index in [1.807, 2.05) is 12.1 Å². The van der Waals surface area contributed by atoms with E-state index in [2.05, 4.69) is 4.98 Å². The van der Waals surface area contributed by atoms with Gasteiger partial charge >= 0.3 is 6.18 Å². The number of halogens is 4. The summed E-state index contributed by atoms with van der Waals surface area (Å²) in [6.45, 7) is -0.142. The molecule has 19 heavy (non-hydrogen) atoms. The lowest BCUT2D eigenvalue weighted by molar-refractivity contribution is -0.132. The summed E-state index contributed by atoms with van der Waals surface area (Å²) < 4.78 is 38.5. The van der Waals surface area contributed by atoms with Crippen LogP contribution in [0.5, 0.6) is 0 Å². The van der Waals surface area contributed by atoms with Crippen LogP contribution in [0, 0.1) is 0 Å². The van der Waals surface area contributed by atoms with Crippen LogP contribution in [0.1, 0.15) is 12.1 Å². The summed E-state index contributed by atoms with van der Waals surface area (Å²) in [5.41, 5.74) is 1.37. The number of hydrogen-bond donors (Lipinski definition) is 0. The first-order valence-electron chi connectivity index (χ1n) is 5.72. The summed E-state index contributed by atoms with van der Waals surface area (Å²) in [6.07, 6.45) is -3.26. The maximum absolute atomic E-state index is 12.2. The largest absolute Gasteiger partial charge is 0.390 e. The Labute approximate surface area is 113 Å². The van der Waals surface area contributed by atoms with Crippen molar-refractivity contribution in [3.8, 4) is 0 Å². The molecule has 104 valence electrons. The van der Waals surface area contributed by atoms with E-state index in [9.17, 15) is 13.2 Å². The second kappa shape index (κ2) is 5.28. The molecule has 0 spiro atoms. The van der Waals surface area contributed by atoms with Gasteiger partial charge in [-0.2, -0.15) is 13.2 Å². The number of fused-ring (bicyclic) bond motifs is 1. The van der Waals surface area contributed by atoms with Crippen LogP contribution in [0.4, 0.5) is 19.0 Å². The normalized spacial score (nSPS) is 12.1. The Morgan fingerprint density at radius 3 is 2.74 bits per heavy atom. The standard InChI is InChI=1S/C12H13ClF3N3/c1-18(7-5-12(14,15)16)11-9(8-13)19-6-3-2-4-10(19)17-11/h2-4,6H,5,7-8H2,1H3. The van der Waals surface area contributed by atoms with E-state index in [4.69, 9.17) is 11.6 Å². The second-order valence-electron chi connectivity index (χ2n) is 4.23. The van der Waals surface area contributed by atoms with Crippen LogP contribution in [0.15, 0.2) is 24.4 Å². The van der Waals surface area contributed by atoms with Gasteiger partial charge in [-0.25, -0.2) is 4.98 Å². The Morgan fingerprint density at radius 1 is 1.37 bits per heavy atom. The lowest BCUT2D eigenvalue weighted by atomic mass is 10.3. The zero-order chi connectivity index (χ0) is 14.0. The van der Waals surface area contributed by atoms with Crippen molar-refractivity contribution < 1.29 is 13.2 Å². The summed E-state index contributed by atoms with van der Waals surface area (Å²) in [4.78, 5) is 5.81. The monoisotopic (exact) mass is 291 g/mol. The molecule has 2 aromatic rings. The SMILES string of the molecule is CN(CCC(F)(F)F)c1nc2ccccn2c1CCl. The van der Waals surface area contributed by atoms with Crippen LogP contribution in [-0.2, 0) is 5.88 Å². The van der Waals surface area contributed by atoms with Gasteiger partial charge in [-0.05, 0) is 12.1 Å². The van der Waals surface area contributed by atoms with Crippen LogP contribution in [0.2, 0.25) is 0 Å². The average Bonchev–Trinajstić information content (AvgIpc) is 2.73. The van der Waals surface area contributed by atoms with Crippen LogP contribution >= 0.6 is 11.6 Å². The minimum atomic E-state index is -4.17. The number of rotatable bonds is 4. The number of nitrogens with zero attached hydrogens (tertiary/aromatic N) is 3. The highest BCUT2D eigenvalue weighted by atomic mass is 35.5. The molecule has 2 heterocycles. The molecule has 0 N–H and O–H groups in total. The van der Waals surface area contributed by atoms with Gasteiger partial charge in [0.1, 0.15) is 5.65 Å². The van der Waals surface area contributed by atoms with E-state index in [1.54, 1.807) is 23.7 Å². The van der Waals surface area contributed by atoms with Crippen molar-refractivity contribution >= 4 is 23.1 Å². The minimum absolute atomic E-state index is 0.142. The molecule has 0 aliphatic carbocycles. The van der Waals surface area contributed by atoms with Gasteiger partial charge in [0.2, 0.25) is 0 Å². The fourth-order valence-electron chi connectivity index (χ4n) is 1.86. The highest BCUT2D eigenvalue weighted by Crippen LogP contribution is 2.25. The van der Waals surface area contributed by atoms with E-state index >= 15 is 0 Å². The molecule has 0 fully saturated rings. The van der Waals surface area contributed by atoms with Crippen LogP contribution in [0.3, 0.4) is 0 Å². The second-order valence-corrected chi connectivity index (χ2v) is 4.50. The van der Waals surface area contributed by atoms with Gasteiger partial charge in [-0.1, -0.05) is 6.07 Å². The summed E-state index contributed by atoms with van der Waals surface area (Å²) in [7, 11) is 1.59. The molecule has 0 saturated heterocycles. The highest BCUT2D eigenvalue weighted by Gasteiger charge is 2.28. The summed E-state index contributed by atoms with van der Waals surface area (Å²) >= 11 is 5.88. The molecule has 0 aromatic carbocycles. The minimum Gasteiger partial charge on any atom is -0.358 e. The van der Waals surface area contributed by atoms with E-state index < -0.39 is 12.6 Å². The molecule has 2 rings (SSSR count). The number of imidazole rings is 1. The Hall–Kier alpha value is -1.43. The molecule has 0 aliphatic heterocycles. The predicted octanol–water partition coefficient (Wildman–Crippen LogP) is 3.46. The average molecular weight is 292 g/mol. The maximum atomic E-state index is 12.2. The third kappa shape index (κ3) is 3.12. The molecule has 0 radical (unpaired) electrons. The van der Waals surface area contributed by atoms with Gasteiger partial charge in [0.15, 0.2) is 5.82 Å². The smallest absolute Gasteiger partial charge is 0.358 e. The van der Waals surface area contributed by atoms with Crippen molar-refractivity contribution in [3.05, 3.63) is 30.1 Å². The predicted molar refractivity (Wildman–Crippen MR) is 68.7 cm³/mol. The molecule has 0 atom stereocenters. The molecule has 3 nitrogen and oxygen atoms in total. The van der Waals surface area contributed by atoms with Crippen molar-refractivity contribution in [1.82, 2.24) is 9.38 Å². The number of anilines is 1. The fraction of sp³-hybridized carbons (Fsp3) is 0.417. The van der Waals surface area contributed by atoms with E-state index in [1.165, 1.54) is 4.90 Å². The van der Waals surface area contributed by atoms with Gasteiger partial charge in [0.25, 0.3) is 0 Å². The molecule has 0 unspecified atom stereocenters. The van der Waals surface area contributed by atoms with E-state index in [-0.39, 0.29) is 12.4 Å². The Kier molecular flexibility index (Phi) is 3.89. The Balaban J connectivity index is 2.28. The quantitative estimate of drug-likeness (QED) is 0.804. The Morgan fingerprint density at radius 2 is 2.11 bits per heavy atom. The lowest BCUT2D eigenvalue weighted by Gasteiger charge is -2.18. The first-order chi connectivity index (χ1) is 8.92. The van der Waals surface area contributed by atoms with Crippen LogP contribution in [0.25, 0.3) is 5.65 Å². The van der Waals surface area contributed by atoms with Crippen molar-refractivity contribution in [3.63, 3.8) is 0 Å². The van der Waals surface area contributed by atoms with E-state index in [0.29, 0.717) is 17.2 Å². The topological polar surface area (TPSA) is 20.5 Å². The third-order valence-electron chi connectivity index (χ3n) is 2.83. The number of aromatic nitrogens is 2. The zero-order valence-corrected chi connectivity index (χ0v) is 11.0. The van der Waals surface area contributed by atoms with Crippen molar-refractivity contribution in [1.29, 1.82) is 0 Å². The van der Waals surface area contributed by atoms with Crippen molar-refractivity contribution in [2.75, 3.05) is 18.5 Å². The van der Waals surface area contributed by atoms with Gasteiger partial charge in [0.05, 0.1) is 18.0 Å². The molecule has 0 bridgehead atoms.